The molecule has 3 aliphatic carbocycles. The first-order valence-corrected chi connectivity index (χ1v) is 17.0. The fourth-order valence-electron chi connectivity index (χ4n) is 7.62. The van der Waals surface area contributed by atoms with E-state index in [2.05, 4.69) is 71.2 Å². The Labute approximate surface area is 214 Å². The molecule has 1 aromatic rings. The molecule has 0 radical (unpaired) electrons. The Balaban J connectivity index is 1.45. The standard InChI is InChI=1S/C30H47NO3Si/c1-19-10-12-21-20(17-19)11-13-23-22(21)14-15-30(5)24(23)18-26(34-35(6,7)29(2,3)4)27(30)33-28(32)25-9-8-16-31-25/h10,12,17,22-27,31H,8-9,11,13-16,18H2,1-7H3/t22?,23?,24?,25-,26+,27-,30-/m0/s1. The Hall–Kier alpha value is -1.17. The molecular formula is C30H47NO3Si. The number of hydrogen-bond donors (Lipinski definition) is 1. The second-order valence-corrected chi connectivity index (χ2v) is 18.6. The first kappa shape index (κ1) is 25.5. The molecule has 0 bridgehead atoms. The molecule has 1 aliphatic heterocycles. The van der Waals surface area contributed by atoms with E-state index in [-0.39, 0.29) is 34.7 Å². The third kappa shape index (κ3) is 4.44. The van der Waals surface area contributed by atoms with Crippen molar-refractivity contribution >= 4 is 14.3 Å². The summed E-state index contributed by atoms with van der Waals surface area (Å²) in [7, 11) is -2.01. The van der Waals surface area contributed by atoms with Gasteiger partial charge in [-0.1, -0.05) is 51.5 Å². The molecule has 1 aromatic carbocycles. The normalized spacial score (nSPS) is 36.9. The topological polar surface area (TPSA) is 47.6 Å². The lowest BCUT2D eigenvalue weighted by Gasteiger charge is -2.50. The van der Waals surface area contributed by atoms with Crippen molar-refractivity contribution in [3.05, 3.63) is 34.9 Å². The molecule has 0 spiro atoms. The average molecular weight is 498 g/mol. The number of rotatable bonds is 4. The van der Waals surface area contributed by atoms with Crippen LogP contribution in [0.15, 0.2) is 18.2 Å². The fourth-order valence-corrected chi connectivity index (χ4v) is 8.95. The van der Waals surface area contributed by atoms with Gasteiger partial charge in [0.15, 0.2) is 8.32 Å². The lowest BCUT2D eigenvalue weighted by Crippen LogP contribution is -2.51. The minimum atomic E-state index is -2.01. The summed E-state index contributed by atoms with van der Waals surface area (Å²) >= 11 is 0. The largest absolute Gasteiger partial charge is 0.458 e. The highest BCUT2D eigenvalue weighted by Crippen LogP contribution is 2.62. The fraction of sp³-hybridized carbons (Fsp3) is 0.767. The van der Waals surface area contributed by atoms with Gasteiger partial charge in [0.05, 0.1) is 6.10 Å². The lowest BCUT2D eigenvalue weighted by molar-refractivity contribution is -0.165. The Morgan fingerprint density at radius 3 is 2.63 bits per heavy atom. The van der Waals surface area contributed by atoms with Gasteiger partial charge in [0, 0.05) is 5.41 Å². The number of carbonyl (C=O) groups is 1. The molecule has 194 valence electrons. The molecule has 1 N–H and O–H groups in total. The zero-order valence-electron chi connectivity index (χ0n) is 23.1. The predicted molar refractivity (Wildman–Crippen MR) is 144 cm³/mol. The molecule has 0 aromatic heterocycles. The van der Waals surface area contributed by atoms with Gasteiger partial charge in [-0.2, -0.15) is 0 Å². The number of esters is 1. The van der Waals surface area contributed by atoms with E-state index in [1.54, 1.807) is 11.1 Å². The van der Waals surface area contributed by atoms with Crippen LogP contribution in [0.3, 0.4) is 0 Å². The molecule has 1 heterocycles. The van der Waals surface area contributed by atoms with Gasteiger partial charge in [0.2, 0.25) is 0 Å². The van der Waals surface area contributed by atoms with Crippen LogP contribution in [0.2, 0.25) is 18.1 Å². The number of aryl methyl sites for hydroxylation is 2. The number of carbonyl (C=O) groups excluding carboxylic acids is 1. The summed E-state index contributed by atoms with van der Waals surface area (Å²) < 4.78 is 13.6. The van der Waals surface area contributed by atoms with Crippen molar-refractivity contribution < 1.29 is 14.0 Å². The van der Waals surface area contributed by atoms with Crippen LogP contribution in [0.4, 0.5) is 0 Å². The van der Waals surface area contributed by atoms with Gasteiger partial charge in [-0.25, -0.2) is 0 Å². The van der Waals surface area contributed by atoms with Crippen molar-refractivity contribution in [3.63, 3.8) is 0 Å². The van der Waals surface area contributed by atoms with E-state index < -0.39 is 8.32 Å². The highest BCUT2D eigenvalue weighted by molar-refractivity contribution is 6.74. The van der Waals surface area contributed by atoms with Crippen molar-refractivity contribution in [3.8, 4) is 0 Å². The third-order valence-electron chi connectivity index (χ3n) is 10.6. The van der Waals surface area contributed by atoms with E-state index in [4.69, 9.17) is 9.16 Å². The number of hydrogen-bond acceptors (Lipinski definition) is 4. The predicted octanol–water partition coefficient (Wildman–Crippen LogP) is 6.52. The smallest absolute Gasteiger partial charge is 0.323 e. The van der Waals surface area contributed by atoms with E-state index in [0.717, 1.165) is 32.2 Å². The Morgan fingerprint density at radius 1 is 1.17 bits per heavy atom. The van der Waals surface area contributed by atoms with Crippen LogP contribution in [-0.4, -0.2) is 39.1 Å². The third-order valence-corrected chi connectivity index (χ3v) is 15.1. The number of nitrogens with one attached hydrogen (secondary N) is 1. The number of fused-ring (bicyclic) bond motifs is 5. The average Bonchev–Trinajstić information content (AvgIpc) is 3.40. The molecule has 4 nitrogen and oxygen atoms in total. The van der Waals surface area contributed by atoms with Crippen molar-refractivity contribution in [1.29, 1.82) is 0 Å². The maximum atomic E-state index is 13.3. The monoisotopic (exact) mass is 497 g/mol. The summed E-state index contributed by atoms with van der Waals surface area (Å²) in [6.45, 7) is 17.2. The van der Waals surface area contributed by atoms with Crippen LogP contribution in [0.5, 0.6) is 0 Å². The first-order chi connectivity index (χ1) is 16.4. The van der Waals surface area contributed by atoms with Gasteiger partial charge < -0.3 is 14.5 Å². The van der Waals surface area contributed by atoms with E-state index >= 15 is 0 Å². The van der Waals surface area contributed by atoms with Gasteiger partial charge in [-0.15, -0.1) is 0 Å². The minimum Gasteiger partial charge on any atom is -0.458 e. The molecule has 1 saturated heterocycles. The van der Waals surface area contributed by atoms with Gasteiger partial charge in [0.1, 0.15) is 12.1 Å². The summed E-state index contributed by atoms with van der Waals surface area (Å²) in [5.41, 5.74) is 4.52. The molecule has 35 heavy (non-hydrogen) atoms. The van der Waals surface area contributed by atoms with Crippen LogP contribution in [0.1, 0.15) is 88.8 Å². The maximum Gasteiger partial charge on any atom is 0.323 e. The number of ether oxygens (including phenoxy) is 1. The summed E-state index contributed by atoms with van der Waals surface area (Å²) in [6.07, 6.45) is 7.56. The summed E-state index contributed by atoms with van der Waals surface area (Å²) in [6, 6.07) is 6.97. The highest BCUT2D eigenvalue weighted by atomic mass is 28.4. The zero-order chi connectivity index (χ0) is 25.2. The van der Waals surface area contributed by atoms with Crippen LogP contribution in [-0.2, 0) is 20.4 Å². The molecule has 3 unspecified atom stereocenters. The number of benzene rings is 1. The second-order valence-electron chi connectivity index (χ2n) is 13.8. The van der Waals surface area contributed by atoms with Crippen LogP contribution in [0, 0.1) is 24.2 Å². The molecular weight excluding hydrogens is 450 g/mol. The quantitative estimate of drug-likeness (QED) is 0.380. The Kier molecular flexibility index (Phi) is 6.54. The van der Waals surface area contributed by atoms with Gasteiger partial charge in [-0.3, -0.25) is 4.79 Å². The molecule has 7 atom stereocenters. The minimum absolute atomic E-state index is 0.00871. The van der Waals surface area contributed by atoms with E-state index in [0.29, 0.717) is 17.8 Å². The van der Waals surface area contributed by atoms with E-state index in [9.17, 15) is 4.79 Å². The zero-order valence-corrected chi connectivity index (χ0v) is 24.1. The van der Waals surface area contributed by atoms with Crippen molar-refractivity contribution in [2.45, 2.75) is 122 Å². The second kappa shape index (κ2) is 8.99. The maximum absolute atomic E-state index is 13.3. The lowest BCUT2D eigenvalue weighted by atomic mass is 9.55. The first-order valence-electron chi connectivity index (χ1n) is 14.1. The Morgan fingerprint density at radius 2 is 1.94 bits per heavy atom. The molecule has 0 amide bonds. The molecule has 5 heteroatoms. The Bertz CT molecular complexity index is 963. The molecule has 3 fully saturated rings. The molecule has 4 aliphatic rings. The van der Waals surface area contributed by atoms with Crippen molar-refractivity contribution in [2.24, 2.45) is 17.3 Å². The van der Waals surface area contributed by atoms with Gasteiger partial charge >= 0.3 is 5.97 Å². The summed E-state index contributed by atoms with van der Waals surface area (Å²) in [5.74, 6) is 1.78. The summed E-state index contributed by atoms with van der Waals surface area (Å²) in [4.78, 5) is 13.3. The highest BCUT2D eigenvalue weighted by Gasteiger charge is 2.61. The van der Waals surface area contributed by atoms with Crippen molar-refractivity contribution in [2.75, 3.05) is 6.54 Å². The van der Waals surface area contributed by atoms with Gasteiger partial charge in [-0.05, 0) is 105 Å². The van der Waals surface area contributed by atoms with Crippen LogP contribution >= 0.6 is 0 Å². The van der Waals surface area contributed by atoms with E-state index in [1.165, 1.54) is 24.8 Å². The van der Waals surface area contributed by atoms with Crippen molar-refractivity contribution in [1.82, 2.24) is 5.32 Å². The van der Waals surface area contributed by atoms with Crippen LogP contribution in [0.25, 0.3) is 0 Å². The van der Waals surface area contributed by atoms with E-state index in [1.807, 2.05) is 0 Å². The van der Waals surface area contributed by atoms with Crippen LogP contribution < -0.4 is 5.32 Å². The summed E-state index contributed by atoms with van der Waals surface area (Å²) in [5, 5.41) is 3.49. The molecule has 5 rings (SSSR count). The molecule has 2 saturated carbocycles. The van der Waals surface area contributed by atoms with Gasteiger partial charge in [0.25, 0.3) is 0 Å². The SMILES string of the molecule is Cc1ccc2c(c1)CCC1C2CC[C@@]2(C)C1C[C@@H](O[Si](C)(C)C(C)(C)C)[C@@H]2OC(=O)[C@@H]1CCCN1.